The van der Waals surface area contributed by atoms with Crippen LogP contribution in [-0.4, -0.2) is 20.2 Å². The van der Waals surface area contributed by atoms with Gasteiger partial charge in [0.1, 0.15) is 16.8 Å². The summed E-state index contributed by atoms with van der Waals surface area (Å²) in [6.07, 6.45) is 3.31. The Morgan fingerprint density at radius 3 is 2.12 bits per heavy atom. The molecule has 0 amide bonds. The first-order valence-electron chi connectivity index (χ1n) is 7.13. The van der Waals surface area contributed by atoms with Crippen LogP contribution in [0.4, 0.5) is 0 Å². The lowest BCUT2D eigenvalue weighted by Crippen LogP contribution is -1.85. The van der Waals surface area contributed by atoms with Crippen molar-refractivity contribution in [3.63, 3.8) is 0 Å². The highest BCUT2D eigenvalue weighted by atomic mass is 127. The van der Waals surface area contributed by atoms with Gasteiger partial charge in [-0.2, -0.15) is 0 Å². The van der Waals surface area contributed by atoms with E-state index in [1.807, 2.05) is 24.3 Å². The summed E-state index contributed by atoms with van der Waals surface area (Å²) in [5.74, 6) is 0.437. The first-order valence-corrected chi connectivity index (χ1v) is 9.66. The molecule has 0 saturated carbocycles. The zero-order valence-corrected chi connectivity index (χ0v) is 17.7. The fourth-order valence-electron chi connectivity index (χ4n) is 2.28. The van der Waals surface area contributed by atoms with Crippen molar-refractivity contribution in [2.24, 2.45) is 0 Å². The number of phenolic OH excluding ortho intramolecular Hbond substituents is 2. The number of hydrogen-bond donors (Lipinski definition) is 2. The zero-order chi connectivity index (χ0) is 18.0. The highest BCUT2D eigenvalue weighted by molar-refractivity contribution is 14.1. The van der Waals surface area contributed by atoms with Gasteiger partial charge in [-0.25, -0.2) is 0 Å². The molecule has 2 aromatic carbocycles. The van der Waals surface area contributed by atoms with Crippen molar-refractivity contribution in [2.45, 2.75) is 0 Å². The molecule has 0 fully saturated rings. The minimum absolute atomic E-state index is 0.162. The molecule has 2 heterocycles. The normalized spacial score (nSPS) is 10.5. The topological polar surface area (TPSA) is 66.2 Å². The lowest BCUT2D eigenvalue weighted by atomic mass is 10.2. The number of phenols is 2. The van der Waals surface area contributed by atoms with Crippen LogP contribution in [0.25, 0.3) is 21.8 Å². The van der Waals surface area contributed by atoms with Crippen LogP contribution < -0.4 is 0 Å². The van der Waals surface area contributed by atoms with Crippen molar-refractivity contribution in [1.29, 1.82) is 0 Å². The van der Waals surface area contributed by atoms with E-state index in [-0.39, 0.29) is 11.5 Å². The predicted octanol–water partition coefficient (Wildman–Crippen LogP) is 5.74. The second-order valence-corrected chi connectivity index (χ2v) is 7.79. The third-order valence-electron chi connectivity index (χ3n) is 3.46. The lowest BCUT2D eigenvalue weighted by Gasteiger charge is -2.03. The molecule has 0 bridgehead atoms. The Labute approximate surface area is 176 Å². The standard InChI is InChI=1S/C9H6ClNO.C9H5I2NO/c10-7-3-4-8(12)9-6(7)2-1-5-11-9;10-6-4-7(11)9(13)8-5(6)2-1-3-12-8/h1-5,12H;1-4,13H. The molecule has 0 spiro atoms. The Balaban J connectivity index is 0.000000146. The molecule has 4 aromatic rings. The summed E-state index contributed by atoms with van der Waals surface area (Å²) in [4.78, 5) is 8.15. The van der Waals surface area contributed by atoms with E-state index in [1.165, 1.54) is 6.07 Å². The van der Waals surface area contributed by atoms with Gasteiger partial charge >= 0.3 is 0 Å². The van der Waals surface area contributed by atoms with Gasteiger partial charge in [-0.1, -0.05) is 17.7 Å². The Morgan fingerprint density at radius 2 is 1.44 bits per heavy atom. The number of fused-ring (bicyclic) bond motifs is 2. The van der Waals surface area contributed by atoms with E-state index < -0.39 is 0 Å². The van der Waals surface area contributed by atoms with Crippen molar-refractivity contribution >= 4 is 78.6 Å². The van der Waals surface area contributed by atoms with E-state index in [0.717, 1.165) is 17.9 Å². The third-order valence-corrected chi connectivity index (χ3v) is 5.51. The summed E-state index contributed by atoms with van der Waals surface area (Å²) < 4.78 is 1.95. The lowest BCUT2D eigenvalue weighted by molar-refractivity contribution is 0.476. The van der Waals surface area contributed by atoms with Gasteiger partial charge in [-0.3, -0.25) is 9.97 Å². The summed E-state index contributed by atoms with van der Waals surface area (Å²) in [6, 6.07) is 12.6. The number of hydrogen-bond acceptors (Lipinski definition) is 4. The number of nitrogens with zero attached hydrogens (tertiary/aromatic N) is 2. The molecule has 0 aliphatic carbocycles. The maximum Gasteiger partial charge on any atom is 0.155 e. The Morgan fingerprint density at radius 1 is 0.800 bits per heavy atom. The van der Waals surface area contributed by atoms with Crippen LogP contribution in [-0.2, 0) is 0 Å². The Bertz CT molecular complexity index is 1030. The summed E-state index contributed by atoms with van der Waals surface area (Å²) in [7, 11) is 0. The largest absolute Gasteiger partial charge is 0.506 e. The molecule has 0 unspecified atom stereocenters. The minimum atomic E-state index is 0.162. The SMILES string of the molecule is Oc1c(I)cc(I)c2cccnc12.Oc1ccc(Cl)c2cccnc12. The van der Waals surface area contributed by atoms with Crippen molar-refractivity contribution in [2.75, 3.05) is 0 Å². The molecule has 0 aliphatic heterocycles. The minimum Gasteiger partial charge on any atom is -0.506 e. The summed E-state index contributed by atoms with van der Waals surface area (Å²) >= 11 is 10.2. The smallest absolute Gasteiger partial charge is 0.155 e. The van der Waals surface area contributed by atoms with Crippen LogP contribution in [0.5, 0.6) is 11.5 Å². The first kappa shape index (κ1) is 18.4. The van der Waals surface area contributed by atoms with Crippen molar-refractivity contribution in [1.82, 2.24) is 9.97 Å². The molecular formula is C18H11ClI2N2O2. The Hall–Kier alpha value is -1.39. The zero-order valence-electron chi connectivity index (χ0n) is 12.6. The monoisotopic (exact) mass is 576 g/mol. The molecule has 0 atom stereocenters. The highest BCUT2D eigenvalue weighted by Crippen LogP contribution is 2.31. The van der Waals surface area contributed by atoms with E-state index in [4.69, 9.17) is 11.6 Å². The number of pyridine rings is 2. The van der Waals surface area contributed by atoms with Gasteiger partial charge in [0.05, 0.1) is 8.59 Å². The maximum absolute atomic E-state index is 9.71. The molecule has 126 valence electrons. The van der Waals surface area contributed by atoms with Gasteiger partial charge in [0.25, 0.3) is 0 Å². The van der Waals surface area contributed by atoms with Crippen LogP contribution in [0.1, 0.15) is 0 Å². The maximum atomic E-state index is 9.71. The summed E-state index contributed by atoms with van der Waals surface area (Å²) in [6.45, 7) is 0. The third kappa shape index (κ3) is 3.90. The molecule has 0 saturated heterocycles. The van der Waals surface area contributed by atoms with Crippen LogP contribution in [0.2, 0.25) is 5.02 Å². The number of halogens is 3. The fourth-order valence-corrected chi connectivity index (χ4v) is 4.41. The fraction of sp³-hybridized carbons (Fsp3) is 0. The second kappa shape index (κ2) is 7.88. The van der Waals surface area contributed by atoms with Crippen LogP contribution in [0, 0.1) is 7.14 Å². The molecule has 2 aromatic heterocycles. The molecule has 7 heteroatoms. The molecule has 4 rings (SSSR count). The molecule has 4 nitrogen and oxygen atoms in total. The van der Waals surface area contributed by atoms with Crippen LogP contribution >= 0.6 is 56.8 Å². The van der Waals surface area contributed by atoms with E-state index in [1.54, 1.807) is 24.5 Å². The first-order chi connectivity index (χ1) is 12.0. The van der Waals surface area contributed by atoms with Gasteiger partial charge in [-0.05, 0) is 81.6 Å². The predicted molar refractivity (Wildman–Crippen MR) is 117 cm³/mol. The summed E-state index contributed by atoms with van der Waals surface area (Å²) in [5, 5.41) is 21.5. The number of aromatic hydroxyl groups is 2. The molecule has 25 heavy (non-hydrogen) atoms. The summed E-state index contributed by atoms with van der Waals surface area (Å²) in [5.41, 5.74) is 1.23. The molecule has 0 radical (unpaired) electrons. The molecule has 2 N–H and O–H groups in total. The van der Waals surface area contributed by atoms with Crippen LogP contribution in [0.15, 0.2) is 54.9 Å². The second-order valence-electron chi connectivity index (χ2n) is 5.05. The van der Waals surface area contributed by atoms with E-state index in [2.05, 4.69) is 55.1 Å². The van der Waals surface area contributed by atoms with E-state index in [9.17, 15) is 10.2 Å². The molecular weight excluding hydrogens is 565 g/mol. The van der Waals surface area contributed by atoms with Gasteiger partial charge in [0, 0.05) is 26.7 Å². The van der Waals surface area contributed by atoms with Gasteiger partial charge in [0.2, 0.25) is 0 Å². The van der Waals surface area contributed by atoms with Gasteiger partial charge in [0.15, 0.2) is 5.75 Å². The number of rotatable bonds is 0. The number of benzene rings is 2. The number of aromatic nitrogens is 2. The Kier molecular flexibility index (Phi) is 5.80. The van der Waals surface area contributed by atoms with Crippen molar-refractivity contribution < 1.29 is 10.2 Å². The quantitative estimate of drug-likeness (QED) is 0.262. The van der Waals surface area contributed by atoms with Crippen molar-refractivity contribution in [3.05, 3.63) is 67.0 Å². The van der Waals surface area contributed by atoms with E-state index >= 15 is 0 Å². The molecule has 0 aliphatic rings. The average Bonchev–Trinajstić information content (AvgIpc) is 2.64. The van der Waals surface area contributed by atoms with Gasteiger partial charge < -0.3 is 10.2 Å². The highest BCUT2D eigenvalue weighted by Gasteiger charge is 2.08. The average molecular weight is 577 g/mol. The van der Waals surface area contributed by atoms with Crippen molar-refractivity contribution in [3.8, 4) is 11.5 Å². The van der Waals surface area contributed by atoms with Gasteiger partial charge in [-0.15, -0.1) is 0 Å². The van der Waals surface area contributed by atoms with Crippen LogP contribution in [0.3, 0.4) is 0 Å². The van der Waals surface area contributed by atoms with E-state index in [0.29, 0.717) is 16.1 Å².